The summed E-state index contributed by atoms with van der Waals surface area (Å²) in [5.41, 5.74) is -0.990. The summed E-state index contributed by atoms with van der Waals surface area (Å²) in [4.78, 5) is 23.9. The van der Waals surface area contributed by atoms with Gasteiger partial charge in [0.1, 0.15) is 5.54 Å². The Bertz CT molecular complexity index is 526. The zero-order chi connectivity index (χ0) is 15.7. The van der Waals surface area contributed by atoms with Crippen LogP contribution < -0.4 is 5.32 Å². The van der Waals surface area contributed by atoms with E-state index in [1.54, 1.807) is 0 Å². The second kappa shape index (κ2) is 5.77. The molecule has 116 valence electrons. The van der Waals surface area contributed by atoms with E-state index >= 15 is 0 Å². The summed E-state index contributed by atoms with van der Waals surface area (Å²) >= 11 is 1.52. The molecule has 2 unspecified atom stereocenters. The molecule has 5 nitrogen and oxygen atoms in total. The number of hydrogen-bond acceptors (Lipinski definition) is 4. The fourth-order valence-corrected chi connectivity index (χ4v) is 3.57. The molecular formula is C15H21NO4S. The predicted molar refractivity (Wildman–Crippen MR) is 80.3 cm³/mol. The van der Waals surface area contributed by atoms with Crippen molar-refractivity contribution >= 4 is 23.2 Å². The average Bonchev–Trinajstić information content (AvgIpc) is 2.89. The van der Waals surface area contributed by atoms with Gasteiger partial charge in [0, 0.05) is 18.4 Å². The summed E-state index contributed by atoms with van der Waals surface area (Å²) in [5, 5.41) is 16.1. The van der Waals surface area contributed by atoms with Gasteiger partial charge >= 0.3 is 5.97 Å². The maximum Gasteiger partial charge on any atom is 0.330 e. The fraction of sp³-hybridized carbons (Fsp3) is 0.600. The minimum absolute atomic E-state index is 0.153. The lowest BCUT2D eigenvalue weighted by atomic mass is 9.54. The molecule has 1 aromatic heterocycles. The van der Waals surface area contributed by atoms with Gasteiger partial charge in [0.2, 0.25) is 5.91 Å². The molecule has 0 aliphatic heterocycles. The SMILES string of the molecule is CCOC1CC(NC(=O)Cc2ccsc2)(C(=O)O)C1(C)C. The van der Waals surface area contributed by atoms with E-state index < -0.39 is 16.9 Å². The van der Waals surface area contributed by atoms with Crippen LogP contribution in [-0.2, 0) is 20.7 Å². The molecule has 1 saturated carbocycles. The van der Waals surface area contributed by atoms with Gasteiger partial charge in [-0.2, -0.15) is 11.3 Å². The molecule has 6 heteroatoms. The molecule has 0 radical (unpaired) electrons. The Morgan fingerprint density at radius 3 is 2.71 bits per heavy atom. The van der Waals surface area contributed by atoms with Crippen LogP contribution in [0, 0.1) is 5.41 Å². The van der Waals surface area contributed by atoms with Gasteiger partial charge < -0.3 is 15.2 Å². The molecule has 1 aromatic rings. The first kappa shape index (κ1) is 16.0. The van der Waals surface area contributed by atoms with Crippen molar-refractivity contribution in [3.05, 3.63) is 22.4 Å². The second-order valence-corrected chi connectivity index (χ2v) is 6.72. The van der Waals surface area contributed by atoms with Gasteiger partial charge in [0.25, 0.3) is 0 Å². The van der Waals surface area contributed by atoms with Gasteiger partial charge in [0.05, 0.1) is 12.5 Å². The number of hydrogen-bond donors (Lipinski definition) is 2. The molecule has 1 heterocycles. The third kappa shape index (κ3) is 2.70. The highest BCUT2D eigenvalue weighted by Gasteiger charge is 2.66. The summed E-state index contributed by atoms with van der Waals surface area (Å²) < 4.78 is 5.57. The lowest BCUT2D eigenvalue weighted by Crippen LogP contribution is -2.76. The third-order valence-corrected chi connectivity index (χ3v) is 5.16. The van der Waals surface area contributed by atoms with Crippen molar-refractivity contribution in [1.82, 2.24) is 5.32 Å². The van der Waals surface area contributed by atoms with E-state index in [0.29, 0.717) is 13.0 Å². The number of carboxylic acids is 1. The average molecular weight is 311 g/mol. The van der Waals surface area contributed by atoms with Gasteiger partial charge in [-0.3, -0.25) is 4.79 Å². The number of carbonyl (C=O) groups is 2. The Morgan fingerprint density at radius 2 is 2.24 bits per heavy atom. The molecule has 1 fully saturated rings. The van der Waals surface area contributed by atoms with Gasteiger partial charge in [0.15, 0.2) is 0 Å². The van der Waals surface area contributed by atoms with Gasteiger partial charge in [-0.05, 0) is 29.3 Å². The van der Waals surface area contributed by atoms with E-state index in [2.05, 4.69) is 5.32 Å². The largest absolute Gasteiger partial charge is 0.479 e. The quantitative estimate of drug-likeness (QED) is 0.843. The topological polar surface area (TPSA) is 75.6 Å². The van der Waals surface area contributed by atoms with Gasteiger partial charge in [-0.15, -0.1) is 0 Å². The van der Waals surface area contributed by atoms with Gasteiger partial charge in [-0.1, -0.05) is 13.8 Å². The number of carbonyl (C=O) groups excluding carboxylic acids is 1. The molecule has 21 heavy (non-hydrogen) atoms. The summed E-state index contributed by atoms with van der Waals surface area (Å²) in [7, 11) is 0. The number of aliphatic carboxylic acids is 1. The van der Waals surface area contributed by atoms with Crippen molar-refractivity contribution in [3.8, 4) is 0 Å². The lowest BCUT2D eigenvalue weighted by Gasteiger charge is -2.58. The van der Waals surface area contributed by atoms with Gasteiger partial charge in [-0.25, -0.2) is 4.79 Å². The predicted octanol–water partition coefficient (Wildman–Crippen LogP) is 2.07. The van der Waals surface area contributed by atoms with Crippen LogP contribution in [0.3, 0.4) is 0 Å². The Balaban J connectivity index is 2.10. The molecule has 1 aliphatic rings. The van der Waals surface area contributed by atoms with E-state index in [0.717, 1.165) is 5.56 Å². The minimum Gasteiger partial charge on any atom is -0.479 e. The van der Waals surface area contributed by atoms with Crippen molar-refractivity contribution < 1.29 is 19.4 Å². The zero-order valence-corrected chi connectivity index (χ0v) is 13.3. The molecular weight excluding hydrogens is 290 g/mol. The first-order chi connectivity index (χ1) is 9.83. The van der Waals surface area contributed by atoms with Crippen LogP contribution in [0.5, 0.6) is 0 Å². The summed E-state index contributed by atoms with van der Waals surface area (Å²) in [6.07, 6.45) is 0.354. The lowest BCUT2D eigenvalue weighted by molar-refractivity contribution is -0.194. The van der Waals surface area contributed by atoms with Crippen LogP contribution in [0.25, 0.3) is 0 Å². The fourth-order valence-electron chi connectivity index (χ4n) is 2.90. The van der Waals surface area contributed by atoms with Crippen molar-refractivity contribution in [1.29, 1.82) is 0 Å². The Kier molecular flexibility index (Phi) is 4.39. The molecule has 0 bridgehead atoms. The summed E-state index contributed by atoms with van der Waals surface area (Å²) in [6, 6.07) is 1.87. The number of thiophene rings is 1. The number of nitrogens with one attached hydrogen (secondary N) is 1. The maximum absolute atomic E-state index is 12.2. The van der Waals surface area contributed by atoms with E-state index in [9.17, 15) is 14.7 Å². The summed E-state index contributed by atoms with van der Waals surface area (Å²) in [6.45, 7) is 6.07. The number of ether oxygens (including phenoxy) is 1. The minimum atomic E-state index is -1.25. The standard InChI is InChI=1S/C15H21NO4S/c1-4-20-11-8-15(13(18)19,14(11,2)3)16-12(17)7-10-5-6-21-9-10/h5-6,9,11H,4,7-8H2,1-3H3,(H,16,17)(H,18,19). The smallest absolute Gasteiger partial charge is 0.330 e. The highest BCUT2D eigenvalue weighted by Crippen LogP contribution is 2.51. The molecule has 0 spiro atoms. The normalized spacial score (nSPS) is 26.9. The molecule has 1 amide bonds. The Morgan fingerprint density at radius 1 is 1.52 bits per heavy atom. The first-order valence-corrected chi connectivity index (χ1v) is 7.95. The molecule has 0 aromatic carbocycles. The van der Waals surface area contributed by atoms with Crippen LogP contribution >= 0.6 is 11.3 Å². The van der Waals surface area contributed by atoms with Crippen molar-refractivity contribution in [2.45, 2.75) is 45.3 Å². The molecule has 2 atom stereocenters. The third-order valence-electron chi connectivity index (χ3n) is 4.43. The highest BCUT2D eigenvalue weighted by atomic mass is 32.1. The van der Waals surface area contributed by atoms with Crippen LogP contribution in [-0.4, -0.2) is 35.2 Å². The molecule has 2 N–H and O–H groups in total. The van der Waals surface area contributed by atoms with E-state index in [-0.39, 0.29) is 18.4 Å². The highest BCUT2D eigenvalue weighted by molar-refractivity contribution is 7.07. The number of amides is 1. The maximum atomic E-state index is 12.2. The summed E-state index contributed by atoms with van der Waals surface area (Å²) in [5.74, 6) is -1.26. The van der Waals surface area contributed by atoms with Crippen molar-refractivity contribution in [2.75, 3.05) is 6.61 Å². The van der Waals surface area contributed by atoms with E-state index in [1.165, 1.54) is 11.3 Å². The second-order valence-electron chi connectivity index (χ2n) is 5.94. The molecule has 1 aliphatic carbocycles. The van der Waals surface area contributed by atoms with Crippen LogP contribution in [0.2, 0.25) is 0 Å². The Labute approximate surface area is 128 Å². The molecule has 2 rings (SSSR count). The van der Waals surface area contributed by atoms with Crippen LogP contribution in [0.15, 0.2) is 16.8 Å². The van der Waals surface area contributed by atoms with E-state index in [4.69, 9.17) is 4.74 Å². The first-order valence-electron chi connectivity index (χ1n) is 7.00. The van der Waals surface area contributed by atoms with Crippen molar-refractivity contribution in [3.63, 3.8) is 0 Å². The molecule has 0 saturated heterocycles. The van der Waals surface area contributed by atoms with E-state index in [1.807, 2.05) is 37.6 Å². The number of rotatable bonds is 6. The number of carboxylic acid groups (broad SMARTS) is 1. The Hall–Kier alpha value is -1.40. The van der Waals surface area contributed by atoms with Crippen LogP contribution in [0.4, 0.5) is 0 Å². The monoisotopic (exact) mass is 311 g/mol. The van der Waals surface area contributed by atoms with Crippen molar-refractivity contribution in [2.24, 2.45) is 5.41 Å². The zero-order valence-electron chi connectivity index (χ0n) is 12.5. The van der Waals surface area contributed by atoms with Crippen LogP contribution in [0.1, 0.15) is 32.8 Å².